The maximum absolute atomic E-state index is 11.7. The van der Waals surface area contributed by atoms with Crippen molar-refractivity contribution in [2.24, 2.45) is 0 Å². The second kappa shape index (κ2) is 6.70. The van der Waals surface area contributed by atoms with E-state index in [1.807, 2.05) is 41.8 Å². The zero-order valence-corrected chi connectivity index (χ0v) is 11.1. The molecule has 0 aliphatic carbocycles. The highest BCUT2D eigenvalue weighted by Crippen LogP contribution is 2.12. The standard InChI is InChI=1S/C14H14N2O2S/c17-12(13-7-4-10-19-13)8-9-14(18)16-15-11-5-2-1-3-6-11/h1-7,10,15H,8-9H2,(H,16,18). The summed E-state index contributed by atoms with van der Waals surface area (Å²) in [6, 6.07) is 12.9. The Morgan fingerprint density at radius 3 is 2.47 bits per heavy atom. The van der Waals surface area contributed by atoms with Gasteiger partial charge in [0.15, 0.2) is 5.78 Å². The minimum Gasteiger partial charge on any atom is -0.299 e. The van der Waals surface area contributed by atoms with Crippen LogP contribution in [0.15, 0.2) is 47.8 Å². The van der Waals surface area contributed by atoms with Crippen LogP contribution in [0.1, 0.15) is 22.5 Å². The number of carbonyl (C=O) groups excluding carboxylic acids is 2. The Morgan fingerprint density at radius 2 is 1.79 bits per heavy atom. The van der Waals surface area contributed by atoms with E-state index >= 15 is 0 Å². The van der Waals surface area contributed by atoms with Gasteiger partial charge in [-0.3, -0.25) is 20.4 Å². The van der Waals surface area contributed by atoms with Gasteiger partial charge in [0.25, 0.3) is 0 Å². The van der Waals surface area contributed by atoms with Crippen molar-refractivity contribution in [3.8, 4) is 0 Å². The summed E-state index contributed by atoms with van der Waals surface area (Å²) in [5, 5.41) is 1.85. The molecule has 0 saturated carbocycles. The monoisotopic (exact) mass is 274 g/mol. The second-order valence-corrected chi connectivity index (χ2v) is 4.89. The molecule has 5 heteroatoms. The van der Waals surface area contributed by atoms with Gasteiger partial charge in [0.1, 0.15) is 0 Å². The molecule has 1 amide bonds. The lowest BCUT2D eigenvalue weighted by Gasteiger charge is -2.07. The van der Waals surface area contributed by atoms with Crippen LogP contribution in [0.2, 0.25) is 0 Å². The molecule has 0 aliphatic rings. The van der Waals surface area contributed by atoms with Crippen LogP contribution >= 0.6 is 11.3 Å². The zero-order chi connectivity index (χ0) is 13.5. The molecule has 2 N–H and O–H groups in total. The van der Waals surface area contributed by atoms with Crippen LogP contribution in [0.4, 0.5) is 5.69 Å². The number of hydrazine groups is 1. The number of para-hydroxylation sites is 1. The largest absolute Gasteiger partial charge is 0.299 e. The Balaban J connectivity index is 1.72. The molecule has 0 bridgehead atoms. The third-order valence-electron chi connectivity index (χ3n) is 2.50. The number of hydrogen-bond acceptors (Lipinski definition) is 4. The van der Waals surface area contributed by atoms with E-state index in [2.05, 4.69) is 10.9 Å². The van der Waals surface area contributed by atoms with Gasteiger partial charge < -0.3 is 0 Å². The van der Waals surface area contributed by atoms with Crippen molar-refractivity contribution in [3.05, 3.63) is 52.7 Å². The maximum atomic E-state index is 11.7. The third-order valence-corrected chi connectivity index (χ3v) is 3.41. The molecule has 2 rings (SSSR count). The molecule has 0 unspecified atom stereocenters. The van der Waals surface area contributed by atoms with Gasteiger partial charge in [-0.1, -0.05) is 24.3 Å². The molecule has 4 nitrogen and oxygen atoms in total. The normalized spacial score (nSPS) is 9.89. The van der Waals surface area contributed by atoms with Gasteiger partial charge in [0.2, 0.25) is 5.91 Å². The van der Waals surface area contributed by atoms with Crippen molar-refractivity contribution in [2.45, 2.75) is 12.8 Å². The number of carbonyl (C=O) groups is 2. The number of benzene rings is 1. The average Bonchev–Trinajstić information content (AvgIpc) is 2.98. The Hall–Kier alpha value is -2.14. The molecular weight excluding hydrogens is 260 g/mol. The highest BCUT2D eigenvalue weighted by molar-refractivity contribution is 7.12. The maximum Gasteiger partial charge on any atom is 0.238 e. The van der Waals surface area contributed by atoms with Crippen LogP contribution in [-0.2, 0) is 4.79 Å². The van der Waals surface area contributed by atoms with Crippen LogP contribution in [0.3, 0.4) is 0 Å². The van der Waals surface area contributed by atoms with Crippen molar-refractivity contribution in [1.82, 2.24) is 5.43 Å². The van der Waals surface area contributed by atoms with Gasteiger partial charge in [0.05, 0.1) is 10.6 Å². The first-order valence-corrected chi connectivity index (χ1v) is 6.80. The molecule has 2 aromatic rings. The number of nitrogens with one attached hydrogen (secondary N) is 2. The van der Waals surface area contributed by atoms with E-state index in [9.17, 15) is 9.59 Å². The van der Waals surface area contributed by atoms with E-state index in [1.54, 1.807) is 6.07 Å². The molecule has 19 heavy (non-hydrogen) atoms. The summed E-state index contributed by atoms with van der Waals surface area (Å²) in [6.45, 7) is 0. The van der Waals surface area contributed by atoms with Gasteiger partial charge in [0, 0.05) is 12.8 Å². The Labute approximate surface area is 115 Å². The van der Waals surface area contributed by atoms with E-state index in [0.717, 1.165) is 5.69 Å². The number of anilines is 1. The quantitative estimate of drug-likeness (QED) is 0.629. The van der Waals surface area contributed by atoms with Crippen molar-refractivity contribution >= 4 is 28.7 Å². The molecule has 0 saturated heterocycles. The Kier molecular flexibility index (Phi) is 4.69. The first-order chi connectivity index (χ1) is 9.25. The number of Topliss-reactive ketones (excluding diaryl/α,β-unsaturated/α-hetero) is 1. The fourth-order valence-corrected chi connectivity index (χ4v) is 2.21. The summed E-state index contributed by atoms with van der Waals surface area (Å²) in [4.78, 5) is 24.0. The van der Waals surface area contributed by atoms with Gasteiger partial charge in [-0.25, -0.2) is 0 Å². The summed E-state index contributed by atoms with van der Waals surface area (Å²) >= 11 is 1.40. The van der Waals surface area contributed by atoms with E-state index in [1.165, 1.54) is 11.3 Å². The topological polar surface area (TPSA) is 58.2 Å². The van der Waals surface area contributed by atoms with Crippen molar-refractivity contribution < 1.29 is 9.59 Å². The van der Waals surface area contributed by atoms with Crippen molar-refractivity contribution in [3.63, 3.8) is 0 Å². The van der Waals surface area contributed by atoms with Crippen LogP contribution in [0, 0.1) is 0 Å². The molecule has 98 valence electrons. The highest BCUT2D eigenvalue weighted by Gasteiger charge is 2.09. The third kappa shape index (κ3) is 4.22. The van der Waals surface area contributed by atoms with Crippen LogP contribution in [0.5, 0.6) is 0 Å². The first-order valence-electron chi connectivity index (χ1n) is 5.92. The van der Waals surface area contributed by atoms with Gasteiger partial charge in [-0.2, -0.15) is 0 Å². The highest BCUT2D eigenvalue weighted by atomic mass is 32.1. The molecule has 1 heterocycles. The lowest BCUT2D eigenvalue weighted by molar-refractivity contribution is -0.120. The predicted molar refractivity (Wildman–Crippen MR) is 76.1 cm³/mol. The van der Waals surface area contributed by atoms with Crippen molar-refractivity contribution in [2.75, 3.05) is 5.43 Å². The summed E-state index contributed by atoms with van der Waals surface area (Å²) in [5.74, 6) is -0.196. The summed E-state index contributed by atoms with van der Waals surface area (Å²) in [5.41, 5.74) is 6.16. The van der Waals surface area contributed by atoms with Crippen LogP contribution in [-0.4, -0.2) is 11.7 Å². The molecule has 0 radical (unpaired) electrons. The SMILES string of the molecule is O=C(CCC(=O)c1cccs1)NNc1ccccc1. The van der Waals surface area contributed by atoms with Gasteiger partial charge in [-0.05, 0) is 23.6 Å². The lowest BCUT2D eigenvalue weighted by atomic mass is 10.2. The lowest BCUT2D eigenvalue weighted by Crippen LogP contribution is -2.29. The molecule has 0 fully saturated rings. The van der Waals surface area contributed by atoms with Gasteiger partial charge in [-0.15, -0.1) is 11.3 Å². The minimum atomic E-state index is -0.200. The van der Waals surface area contributed by atoms with E-state index in [-0.39, 0.29) is 24.5 Å². The summed E-state index contributed by atoms with van der Waals surface area (Å²) in [6.07, 6.45) is 0.402. The fourth-order valence-electron chi connectivity index (χ4n) is 1.51. The first kappa shape index (κ1) is 13.3. The van der Waals surface area contributed by atoms with Gasteiger partial charge >= 0.3 is 0 Å². The Morgan fingerprint density at radius 1 is 1.00 bits per heavy atom. The van der Waals surface area contributed by atoms with E-state index < -0.39 is 0 Å². The molecule has 0 aliphatic heterocycles. The molecule has 1 aromatic heterocycles. The fraction of sp³-hybridized carbons (Fsp3) is 0.143. The smallest absolute Gasteiger partial charge is 0.238 e. The van der Waals surface area contributed by atoms with Crippen LogP contribution in [0.25, 0.3) is 0 Å². The van der Waals surface area contributed by atoms with E-state index in [0.29, 0.717) is 4.88 Å². The molecule has 0 atom stereocenters. The average molecular weight is 274 g/mol. The summed E-state index contributed by atoms with van der Waals surface area (Å²) in [7, 11) is 0. The molecule has 0 spiro atoms. The number of amides is 1. The second-order valence-electron chi connectivity index (χ2n) is 3.94. The van der Waals surface area contributed by atoms with Crippen LogP contribution < -0.4 is 10.9 Å². The number of rotatable bonds is 6. The molecule has 1 aromatic carbocycles. The Bertz CT molecular complexity index is 538. The minimum absolute atomic E-state index is 0.00450. The predicted octanol–water partition coefficient (Wildman–Crippen LogP) is 2.85. The van der Waals surface area contributed by atoms with Crippen molar-refractivity contribution in [1.29, 1.82) is 0 Å². The molecular formula is C14H14N2O2S. The number of thiophene rings is 1. The number of hydrogen-bond donors (Lipinski definition) is 2. The summed E-state index contributed by atoms with van der Waals surface area (Å²) < 4.78 is 0. The zero-order valence-electron chi connectivity index (χ0n) is 10.3. The number of ketones is 1. The van der Waals surface area contributed by atoms with E-state index in [4.69, 9.17) is 0 Å².